The number of aromatic amines is 1. The molecule has 0 spiro atoms. The van der Waals surface area contributed by atoms with E-state index in [2.05, 4.69) is 16.0 Å². The van der Waals surface area contributed by atoms with Crippen molar-refractivity contribution >= 4 is 16.8 Å². The SMILES string of the molecule is c1ccc2c(C3=NCCO3)c[nH]c2c1. The molecule has 14 heavy (non-hydrogen) atoms. The number of fused-ring (bicyclic) bond motifs is 1. The Morgan fingerprint density at radius 3 is 3.07 bits per heavy atom. The van der Waals surface area contributed by atoms with E-state index in [1.807, 2.05) is 24.4 Å². The highest BCUT2D eigenvalue weighted by Crippen LogP contribution is 2.20. The molecule has 1 aliphatic heterocycles. The van der Waals surface area contributed by atoms with E-state index in [-0.39, 0.29) is 0 Å². The van der Waals surface area contributed by atoms with Gasteiger partial charge in [0.1, 0.15) is 6.61 Å². The third-order valence-corrected chi connectivity index (χ3v) is 2.41. The summed E-state index contributed by atoms with van der Waals surface area (Å²) in [6, 6.07) is 8.16. The predicted octanol–water partition coefficient (Wildman–Crippen LogP) is 1.94. The standard InChI is InChI=1S/C11H10N2O/c1-2-4-10-8(3-1)9(7-13-10)11-12-5-6-14-11/h1-4,7,13H,5-6H2. The molecule has 0 aliphatic carbocycles. The van der Waals surface area contributed by atoms with Gasteiger partial charge in [-0.25, -0.2) is 4.99 Å². The smallest absolute Gasteiger partial charge is 0.218 e. The normalized spacial score (nSPS) is 15.6. The van der Waals surface area contributed by atoms with Gasteiger partial charge in [-0.2, -0.15) is 0 Å². The Bertz CT molecular complexity index is 499. The number of ether oxygens (including phenoxy) is 1. The van der Waals surface area contributed by atoms with Crippen LogP contribution in [-0.4, -0.2) is 24.0 Å². The third kappa shape index (κ3) is 1.02. The number of H-pyrrole nitrogens is 1. The largest absolute Gasteiger partial charge is 0.475 e. The minimum atomic E-state index is 0.703. The molecule has 0 radical (unpaired) electrons. The van der Waals surface area contributed by atoms with Gasteiger partial charge in [0.15, 0.2) is 0 Å². The average Bonchev–Trinajstić information content (AvgIpc) is 2.85. The van der Waals surface area contributed by atoms with Crippen LogP contribution < -0.4 is 0 Å². The number of hydrogen-bond acceptors (Lipinski definition) is 2. The van der Waals surface area contributed by atoms with Crippen molar-refractivity contribution in [3.63, 3.8) is 0 Å². The maximum absolute atomic E-state index is 5.44. The highest BCUT2D eigenvalue weighted by atomic mass is 16.5. The topological polar surface area (TPSA) is 37.4 Å². The Morgan fingerprint density at radius 1 is 1.29 bits per heavy atom. The van der Waals surface area contributed by atoms with E-state index in [1.165, 1.54) is 5.39 Å². The number of nitrogens with zero attached hydrogens (tertiary/aromatic N) is 1. The van der Waals surface area contributed by atoms with E-state index in [9.17, 15) is 0 Å². The van der Waals surface area contributed by atoms with Crippen LogP contribution in [-0.2, 0) is 4.74 Å². The van der Waals surface area contributed by atoms with Crippen LogP contribution in [0.5, 0.6) is 0 Å². The first-order valence-corrected chi connectivity index (χ1v) is 4.69. The Morgan fingerprint density at radius 2 is 2.21 bits per heavy atom. The van der Waals surface area contributed by atoms with Crippen LogP contribution in [0.3, 0.4) is 0 Å². The Hall–Kier alpha value is -1.77. The minimum Gasteiger partial charge on any atom is -0.475 e. The van der Waals surface area contributed by atoms with E-state index in [4.69, 9.17) is 4.74 Å². The second-order valence-corrected chi connectivity index (χ2v) is 3.28. The van der Waals surface area contributed by atoms with Gasteiger partial charge < -0.3 is 9.72 Å². The summed E-state index contributed by atoms with van der Waals surface area (Å²) in [5.74, 6) is 0.766. The molecule has 0 atom stereocenters. The maximum atomic E-state index is 5.44. The number of benzene rings is 1. The van der Waals surface area contributed by atoms with Crippen LogP contribution in [0.4, 0.5) is 0 Å². The molecule has 1 aliphatic rings. The van der Waals surface area contributed by atoms with Crippen molar-refractivity contribution in [2.45, 2.75) is 0 Å². The highest BCUT2D eigenvalue weighted by molar-refractivity contribution is 6.07. The van der Waals surface area contributed by atoms with Crippen molar-refractivity contribution in [3.8, 4) is 0 Å². The molecule has 0 saturated heterocycles. The minimum absolute atomic E-state index is 0.703. The van der Waals surface area contributed by atoms with Crippen molar-refractivity contribution in [3.05, 3.63) is 36.0 Å². The van der Waals surface area contributed by atoms with Crippen LogP contribution in [0.1, 0.15) is 5.56 Å². The van der Waals surface area contributed by atoms with Gasteiger partial charge in [0.2, 0.25) is 5.90 Å². The molecule has 3 heteroatoms. The van der Waals surface area contributed by atoms with Gasteiger partial charge in [-0.3, -0.25) is 0 Å². The van der Waals surface area contributed by atoms with Crippen LogP contribution in [0.25, 0.3) is 10.9 Å². The third-order valence-electron chi connectivity index (χ3n) is 2.41. The molecule has 0 saturated carbocycles. The predicted molar refractivity (Wildman–Crippen MR) is 55.7 cm³/mol. The number of hydrogen-bond donors (Lipinski definition) is 1. The lowest BCUT2D eigenvalue weighted by Crippen LogP contribution is -1.99. The van der Waals surface area contributed by atoms with Crippen molar-refractivity contribution in [2.75, 3.05) is 13.2 Å². The highest BCUT2D eigenvalue weighted by Gasteiger charge is 2.13. The van der Waals surface area contributed by atoms with E-state index in [0.717, 1.165) is 23.5 Å². The Balaban J connectivity index is 2.21. The van der Waals surface area contributed by atoms with Crippen LogP contribution in [0.2, 0.25) is 0 Å². The summed E-state index contributed by atoms with van der Waals surface area (Å²) in [6.07, 6.45) is 1.95. The summed E-state index contributed by atoms with van der Waals surface area (Å²) in [5.41, 5.74) is 2.19. The lowest BCUT2D eigenvalue weighted by atomic mass is 10.2. The molecule has 0 fully saturated rings. The molecule has 2 heterocycles. The van der Waals surface area contributed by atoms with Crippen molar-refractivity contribution < 1.29 is 4.74 Å². The molecular weight excluding hydrogens is 176 g/mol. The van der Waals surface area contributed by atoms with Gasteiger partial charge in [0, 0.05) is 17.1 Å². The second kappa shape index (κ2) is 2.87. The molecule has 0 unspecified atom stereocenters. The molecule has 0 amide bonds. The van der Waals surface area contributed by atoms with E-state index < -0.39 is 0 Å². The molecule has 1 aromatic carbocycles. The van der Waals surface area contributed by atoms with E-state index >= 15 is 0 Å². The molecule has 3 rings (SSSR count). The number of rotatable bonds is 1. The molecule has 3 nitrogen and oxygen atoms in total. The quantitative estimate of drug-likeness (QED) is 0.726. The van der Waals surface area contributed by atoms with Gasteiger partial charge in [-0.15, -0.1) is 0 Å². The van der Waals surface area contributed by atoms with Crippen LogP contribution >= 0.6 is 0 Å². The van der Waals surface area contributed by atoms with Gasteiger partial charge in [0.05, 0.1) is 12.1 Å². The van der Waals surface area contributed by atoms with Crippen molar-refractivity contribution in [1.82, 2.24) is 4.98 Å². The lowest BCUT2D eigenvalue weighted by Gasteiger charge is -1.98. The summed E-state index contributed by atoms with van der Waals surface area (Å²) in [5, 5.41) is 1.17. The van der Waals surface area contributed by atoms with E-state index in [1.54, 1.807) is 0 Å². The molecular formula is C11H10N2O. The van der Waals surface area contributed by atoms with Crippen molar-refractivity contribution in [1.29, 1.82) is 0 Å². The fourth-order valence-electron chi connectivity index (χ4n) is 1.75. The monoisotopic (exact) mass is 186 g/mol. The fourth-order valence-corrected chi connectivity index (χ4v) is 1.75. The zero-order valence-corrected chi connectivity index (χ0v) is 7.66. The molecule has 70 valence electrons. The number of aromatic nitrogens is 1. The summed E-state index contributed by atoms with van der Waals surface area (Å²) in [7, 11) is 0. The van der Waals surface area contributed by atoms with Gasteiger partial charge >= 0.3 is 0 Å². The lowest BCUT2D eigenvalue weighted by molar-refractivity contribution is 0.348. The second-order valence-electron chi connectivity index (χ2n) is 3.28. The Labute approximate surface area is 81.4 Å². The Kier molecular flexibility index (Phi) is 1.56. The number of para-hydroxylation sites is 1. The van der Waals surface area contributed by atoms with Gasteiger partial charge in [0.25, 0.3) is 0 Å². The zero-order valence-electron chi connectivity index (χ0n) is 7.66. The molecule has 0 bridgehead atoms. The summed E-state index contributed by atoms with van der Waals surface area (Å²) in [6.45, 7) is 1.48. The summed E-state index contributed by atoms with van der Waals surface area (Å²) >= 11 is 0. The molecule has 1 N–H and O–H groups in total. The average molecular weight is 186 g/mol. The van der Waals surface area contributed by atoms with Crippen LogP contribution in [0.15, 0.2) is 35.5 Å². The van der Waals surface area contributed by atoms with Crippen LogP contribution in [0, 0.1) is 0 Å². The van der Waals surface area contributed by atoms with Crippen molar-refractivity contribution in [2.24, 2.45) is 4.99 Å². The van der Waals surface area contributed by atoms with Gasteiger partial charge in [-0.05, 0) is 6.07 Å². The van der Waals surface area contributed by atoms with E-state index in [0.29, 0.717) is 6.61 Å². The first-order chi connectivity index (χ1) is 6.95. The maximum Gasteiger partial charge on any atom is 0.218 e. The van der Waals surface area contributed by atoms with Gasteiger partial charge in [-0.1, -0.05) is 18.2 Å². The molecule has 2 aromatic rings. The fraction of sp³-hybridized carbons (Fsp3) is 0.182. The first-order valence-electron chi connectivity index (χ1n) is 4.69. The first kappa shape index (κ1) is 7.62. The zero-order chi connectivity index (χ0) is 9.38. The molecule has 1 aromatic heterocycles. The number of aliphatic imine (C=N–C) groups is 1. The summed E-state index contributed by atoms with van der Waals surface area (Å²) in [4.78, 5) is 7.51. The summed E-state index contributed by atoms with van der Waals surface area (Å²) < 4.78 is 5.44. The number of nitrogens with one attached hydrogen (secondary N) is 1.